The van der Waals surface area contributed by atoms with Gasteiger partial charge < -0.3 is 20.3 Å². The second-order valence-corrected chi connectivity index (χ2v) is 9.44. The predicted octanol–water partition coefficient (Wildman–Crippen LogP) is 0.794. The van der Waals surface area contributed by atoms with E-state index in [1.807, 2.05) is 0 Å². The number of likely N-dealkylation sites (N-methyl/N-ethyl adjacent to an activating group) is 1. The third kappa shape index (κ3) is 6.28. The number of nitrogens with one attached hydrogen (secondary N) is 2. The van der Waals surface area contributed by atoms with Gasteiger partial charge in [-0.25, -0.2) is 13.2 Å². The quantitative estimate of drug-likeness (QED) is 0.625. The van der Waals surface area contributed by atoms with E-state index in [0.29, 0.717) is 6.42 Å². The van der Waals surface area contributed by atoms with Crippen molar-refractivity contribution in [2.45, 2.75) is 39.3 Å². The molecule has 164 valence electrons. The van der Waals surface area contributed by atoms with Crippen LogP contribution in [-0.2, 0) is 29.0 Å². The Morgan fingerprint density at radius 2 is 1.60 bits per heavy atom. The maximum absolute atomic E-state index is 12.6. The van der Waals surface area contributed by atoms with Gasteiger partial charge in [-0.15, -0.1) is 0 Å². The van der Waals surface area contributed by atoms with Crippen LogP contribution in [-0.4, -0.2) is 67.7 Å². The number of sulfone groups is 1. The normalized spacial score (nSPS) is 18.2. The number of carbonyl (C=O) groups excluding carboxylic acids is 4. The minimum Gasteiger partial charge on any atom is -0.449 e. The molecule has 0 aliphatic carbocycles. The van der Waals surface area contributed by atoms with Crippen LogP contribution in [0.3, 0.4) is 0 Å². The lowest BCUT2D eigenvalue weighted by Crippen LogP contribution is -2.44. The summed E-state index contributed by atoms with van der Waals surface area (Å²) in [6.45, 7) is 3.98. The molecule has 10 nitrogen and oxygen atoms in total. The Morgan fingerprint density at radius 3 is 2.03 bits per heavy atom. The third-order valence-corrected chi connectivity index (χ3v) is 6.30. The zero-order valence-electron chi connectivity index (χ0n) is 17.2. The standard InChI is InChI=1S/C19H25N3O7S/c1-11(18(25)22(4)17-5-6-30(27,28)10-17)29-19(26)14-7-15(20-12(2)23)9-16(8-14)21-13(3)24/h7-9,11,17H,5-6,10H2,1-4H3,(H,20,23)(H,21,24)/t11-,17-/m0/s1. The topological polar surface area (TPSA) is 139 Å². The number of benzene rings is 1. The molecule has 1 heterocycles. The lowest BCUT2D eigenvalue weighted by molar-refractivity contribution is -0.140. The summed E-state index contributed by atoms with van der Waals surface area (Å²) < 4.78 is 28.5. The van der Waals surface area contributed by atoms with Crippen LogP contribution in [0.2, 0.25) is 0 Å². The van der Waals surface area contributed by atoms with Crippen molar-refractivity contribution in [1.29, 1.82) is 0 Å². The number of carbonyl (C=O) groups is 4. The number of anilines is 2. The Bertz CT molecular complexity index is 940. The molecule has 3 amide bonds. The minimum atomic E-state index is -3.17. The first-order chi connectivity index (χ1) is 13.9. The molecule has 1 aromatic rings. The Morgan fingerprint density at radius 1 is 1.07 bits per heavy atom. The highest BCUT2D eigenvalue weighted by molar-refractivity contribution is 7.91. The number of amides is 3. The number of esters is 1. The van der Waals surface area contributed by atoms with Crippen LogP contribution in [0, 0.1) is 0 Å². The van der Waals surface area contributed by atoms with Gasteiger partial charge in [0.25, 0.3) is 5.91 Å². The van der Waals surface area contributed by atoms with Crippen LogP contribution in [0.25, 0.3) is 0 Å². The second-order valence-electron chi connectivity index (χ2n) is 7.21. The fraction of sp³-hybridized carbons (Fsp3) is 0.474. The smallest absolute Gasteiger partial charge is 0.339 e. The van der Waals surface area contributed by atoms with Gasteiger partial charge >= 0.3 is 5.97 Å². The molecular weight excluding hydrogens is 414 g/mol. The van der Waals surface area contributed by atoms with Gasteiger partial charge in [-0.1, -0.05) is 0 Å². The minimum absolute atomic E-state index is 0.0192. The lowest BCUT2D eigenvalue weighted by atomic mass is 10.1. The van der Waals surface area contributed by atoms with Crippen LogP contribution >= 0.6 is 0 Å². The van der Waals surface area contributed by atoms with Crippen molar-refractivity contribution < 1.29 is 32.3 Å². The molecule has 0 radical (unpaired) electrons. The van der Waals surface area contributed by atoms with E-state index in [4.69, 9.17) is 4.74 Å². The van der Waals surface area contributed by atoms with E-state index >= 15 is 0 Å². The average molecular weight is 439 g/mol. The highest BCUT2D eigenvalue weighted by Gasteiger charge is 2.35. The average Bonchev–Trinajstić information content (AvgIpc) is 2.98. The van der Waals surface area contributed by atoms with Gasteiger partial charge in [-0.3, -0.25) is 14.4 Å². The molecule has 1 aliphatic heterocycles. The number of hydrogen-bond donors (Lipinski definition) is 2. The van der Waals surface area contributed by atoms with E-state index in [0.717, 1.165) is 0 Å². The van der Waals surface area contributed by atoms with Crippen LogP contribution < -0.4 is 10.6 Å². The molecule has 0 bridgehead atoms. The summed E-state index contributed by atoms with van der Waals surface area (Å²) in [4.78, 5) is 49.1. The molecule has 2 N–H and O–H groups in total. The number of hydrogen-bond acceptors (Lipinski definition) is 7. The maximum Gasteiger partial charge on any atom is 0.339 e. The fourth-order valence-corrected chi connectivity index (χ4v) is 4.90. The first-order valence-corrected chi connectivity index (χ1v) is 11.1. The molecular formula is C19H25N3O7S. The van der Waals surface area contributed by atoms with E-state index in [9.17, 15) is 27.6 Å². The Labute approximate surface area is 174 Å². The Hall–Kier alpha value is -2.95. The summed E-state index contributed by atoms with van der Waals surface area (Å²) in [5.41, 5.74) is 0.566. The first-order valence-electron chi connectivity index (χ1n) is 9.26. The van der Waals surface area contributed by atoms with Crippen molar-refractivity contribution in [1.82, 2.24) is 4.90 Å². The second kappa shape index (κ2) is 9.24. The predicted molar refractivity (Wildman–Crippen MR) is 110 cm³/mol. The fourth-order valence-electron chi connectivity index (χ4n) is 3.12. The van der Waals surface area contributed by atoms with E-state index in [1.165, 1.54) is 50.9 Å². The van der Waals surface area contributed by atoms with Crippen molar-refractivity contribution in [3.8, 4) is 0 Å². The summed E-state index contributed by atoms with van der Waals surface area (Å²) >= 11 is 0. The summed E-state index contributed by atoms with van der Waals surface area (Å²) in [7, 11) is -1.69. The molecule has 1 aliphatic rings. The van der Waals surface area contributed by atoms with Crippen LogP contribution in [0.5, 0.6) is 0 Å². The maximum atomic E-state index is 12.6. The van der Waals surface area contributed by atoms with Gasteiger partial charge in [0.1, 0.15) is 0 Å². The Kier molecular flexibility index (Phi) is 7.19. The molecule has 30 heavy (non-hydrogen) atoms. The monoisotopic (exact) mass is 439 g/mol. The van der Waals surface area contributed by atoms with Crippen LogP contribution in [0.4, 0.5) is 11.4 Å². The van der Waals surface area contributed by atoms with Crippen molar-refractivity contribution in [2.75, 3.05) is 29.2 Å². The van der Waals surface area contributed by atoms with E-state index in [1.54, 1.807) is 0 Å². The number of nitrogens with zero attached hydrogens (tertiary/aromatic N) is 1. The van der Waals surface area contributed by atoms with Gasteiger partial charge in [-0.05, 0) is 31.5 Å². The molecule has 0 unspecified atom stereocenters. The number of rotatable bonds is 6. The summed E-state index contributed by atoms with van der Waals surface area (Å²) in [6.07, 6.45) is -0.816. The van der Waals surface area contributed by atoms with Crippen LogP contribution in [0.1, 0.15) is 37.6 Å². The summed E-state index contributed by atoms with van der Waals surface area (Å²) in [5.74, 6) is -2.19. The van der Waals surface area contributed by atoms with Crippen molar-refractivity contribution in [3.63, 3.8) is 0 Å². The van der Waals surface area contributed by atoms with E-state index in [2.05, 4.69) is 10.6 Å². The molecule has 11 heteroatoms. The van der Waals surface area contributed by atoms with Gasteiger partial charge in [0, 0.05) is 38.3 Å². The lowest BCUT2D eigenvalue weighted by Gasteiger charge is -2.26. The molecule has 0 saturated carbocycles. The van der Waals surface area contributed by atoms with Crippen molar-refractivity contribution >= 4 is 44.9 Å². The van der Waals surface area contributed by atoms with Gasteiger partial charge in [0.2, 0.25) is 11.8 Å². The molecule has 0 spiro atoms. The number of ether oxygens (including phenoxy) is 1. The zero-order chi connectivity index (χ0) is 22.6. The summed E-state index contributed by atoms with van der Waals surface area (Å²) in [5, 5.41) is 5.05. The highest BCUT2D eigenvalue weighted by atomic mass is 32.2. The van der Waals surface area contributed by atoms with Crippen LogP contribution in [0.15, 0.2) is 18.2 Å². The van der Waals surface area contributed by atoms with Crippen molar-refractivity contribution in [3.05, 3.63) is 23.8 Å². The van der Waals surface area contributed by atoms with E-state index < -0.39 is 33.9 Å². The SMILES string of the molecule is CC(=O)Nc1cc(NC(C)=O)cc(C(=O)O[C@@H](C)C(=O)N(C)[C@H]2CCS(=O)(=O)C2)c1. The molecule has 2 atom stereocenters. The van der Waals surface area contributed by atoms with Gasteiger partial charge in [0.15, 0.2) is 15.9 Å². The largest absolute Gasteiger partial charge is 0.449 e. The molecule has 2 rings (SSSR count). The Balaban J connectivity index is 2.14. The highest BCUT2D eigenvalue weighted by Crippen LogP contribution is 2.22. The zero-order valence-corrected chi connectivity index (χ0v) is 18.0. The molecule has 1 aromatic carbocycles. The van der Waals surface area contributed by atoms with Gasteiger partial charge in [0.05, 0.1) is 17.1 Å². The first kappa shape index (κ1) is 23.3. The molecule has 1 saturated heterocycles. The molecule has 1 fully saturated rings. The summed E-state index contributed by atoms with van der Waals surface area (Å²) in [6, 6.07) is 3.74. The third-order valence-electron chi connectivity index (χ3n) is 4.54. The van der Waals surface area contributed by atoms with Crippen molar-refractivity contribution in [2.24, 2.45) is 0 Å². The van der Waals surface area contributed by atoms with E-state index in [-0.39, 0.29) is 40.3 Å². The molecule has 0 aromatic heterocycles. The van der Waals surface area contributed by atoms with Gasteiger partial charge in [-0.2, -0.15) is 0 Å².